The number of carbonyl (C=O) groups is 2. The fourth-order valence-corrected chi connectivity index (χ4v) is 2.80. The van der Waals surface area contributed by atoms with Crippen LogP contribution in [0.2, 0.25) is 0 Å². The van der Waals surface area contributed by atoms with E-state index in [9.17, 15) is 19.7 Å². The van der Waals surface area contributed by atoms with Crippen molar-refractivity contribution < 1.29 is 24.0 Å². The van der Waals surface area contributed by atoms with Gasteiger partial charge in [-0.05, 0) is 38.0 Å². The lowest BCUT2D eigenvalue weighted by molar-refractivity contribution is -0.590. The minimum Gasteiger partial charge on any atom is -0.461 e. The van der Waals surface area contributed by atoms with Crippen LogP contribution in [0.1, 0.15) is 37.0 Å². The summed E-state index contributed by atoms with van der Waals surface area (Å²) in [6.45, 7) is 2.95. The molecule has 0 fully saturated rings. The van der Waals surface area contributed by atoms with Gasteiger partial charge in [0, 0.05) is 18.5 Å². The molecule has 1 aromatic heterocycles. The molecule has 0 bridgehead atoms. The molecule has 1 aliphatic rings. The highest BCUT2D eigenvalue weighted by molar-refractivity contribution is 5.95. The van der Waals surface area contributed by atoms with E-state index in [4.69, 9.17) is 14.7 Å². The summed E-state index contributed by atoms with van der Waals surface area (Å²) in [4.78, 5) is 39.8. The van der Waals surface area contributed by atoms with Crippen molar-refractivity contribution in [2.24, 2.45) is 0 Å². The van der Waals surface area contributed by atoms with Crippen LogP contribution < -0.4 is 0 Å². The molecule has 0 radical (unpaired) electrons. The molecule has 1 unspecified atom stereocenters. The van der Waals surface area contributed by atoms with Crippen molar-refractivity contribution >= 4 is 11.9 Å². The summed E-state index contributed by atoms with van der Waals surface area (Å²) < 4.78 is 10.2. The summed E-state index contributed by atoms with van der Waals surface area (Å²) in [5.41, 5.74) is -1.95. The lowest BCUT2D eigenvalue weighted by atomic mass is 9.86. The molecule has 1 aromatic rings. The number of rotatable bonds is 6. The number of nitrogens with zero attached hydrogens (tertiary/aromatic N) is 3. The summed E-state index contributed by atoms with van der Waals surface area (Å²) in [6, 6.07) is 4.68. The van der Waals surface area contributed by atoms with Crippen molar-refractivity contribution in [1.82, 2.24) is 4.98 Å². The van der Waals surface area contributed by atoms with Gasteiger partial charge in [-0.25, -0.2) is 9.59 Å². The first-order chi connectivity index (χ1) is 12.8. The maximum Gasteiger partial charge on any atom is 0.419 e. The zero-order valence-corrected chi connectivity index (χ0v) is 14.8. The highest BCUT2D eigenvalue weighted by Gasteiger charge is 2.55. The number of hydrogen-bond donors (Lipinski definition) is 0. The van der Waals surface area contributed by atoms with Gasteiger partial charge in [0.05, 0.1) is 23.0 Å². The molecule has 0 spiro atoms. The summed E-state index contributed by atoms with van der Waals surface area (Å²) >= 11 is 0. The zero-order chi connectivity index (χ0) is 20.0. The number of carbonyl (C=O) groups excluding carboxylic acids is 2. The summed E-state index contributed by atoms with van der Waals surface area (Å²) in [5.74, 6) is -2.00. The van der Waals surface area contributed by atoms with Crippen molar-refractivity contribution in [3.8, 4) is 6.07 Å². The Balaban J connectivity index is 2.46. The molecule has 0 saturated heterocycles. The fraction of sp³-hybridized carbons (Fsp3) is 0.333. The van der Waals surface area contributed by atoms with Crippen LogP contribution in [0.5, 0.6) is 0 Å². The van der Waals surface area contributed by atoms with E-state index < -0.39 is 22.6 Å². The van der Waals surface area contributed by atoms with Crippen molar-refractivity contribution in [2.45, 2.75) is 32.4 Å². The lowest BCUT2D eigenvalue weighted by Gasteiger charge is -2.28. The first-order valence-electron chi connectivity index (χ1n) is 8.02. The van der Waals surface area contributed by atoms with Crippen LogP contribution in [0, 0.1) is 21.4 Å². The molecule has 1 heterocycles. The maximum atomic E-state index is 12.5. The van der Waals surface area contributed by atoms with E-state index in [2.05, 4.69) is 4.98 Å². The smallest absolute Gasteiger partial charge is 0.419 e. The molecule has 2 rings (SSSR count). The van der Waals surface area contributed by atoms with E-state index in [1.165, 1.54) is 31.5 Å². The van der Waals surface area contributed by atoms with Gasteiger partial charge in [-0.1, -0.05) is 5.57 Å². The number of hydrogen-bond acceptors (Lipinski definition) is 8. The molecule has 140 valence electrons. The van der Waals surface area contributed by atoms with E-state index in [1.807, 2.05) is 6.07 Å². The fourth-order valence-electron chi connectivity index (χ4n) is 2.80. The van der Waals surface area contributed by atoms with Crippen molar-refractivity contribution in [3.05, 3.63) is 63.0 Å². The van der Waals surface area contributed by atoms with Crippen LogP contribution in [0.15, 0.2) is 47.3 Å². The average molecular weight is 371 g/mol. The second-order valence-corrected chi connectivity index (χ2v) is 5.95. The molecule has 0 saturated carbocycles. The zero-order valence-electron chi connectivity index (χ0n) is 14.8. The number of esters is 2. The van der Waals surface area contributed by atoms with Crippen LogP contribution in [0.4, 0.5) is 0 Å². The maximum absolute atomic E-state index is 12.5. The Labute approximate surface area is 155 Å². The molecule has 0 N–H and O–H groups in total. The molecule has 9 heteroatoms. The van der Waals surface area contributed by atoms with Gasteiger partial charge in [0.1, 0.15) is 6.61 Å². The van der Waals surface area contributed by atoms with Gasteiger partial charge in [0.25, 0.3) is 0 Å². The predicted molar refractivity (Wildman–Crippen MR) is 91.6 cm³/mol. The van der Waals surface area contributed by atoms with E-state index in [1.54, 1.807) is 6.92 Å². The first-order valence-corrected chi connectivity index (χ1v) is 8.02. The van der Waals surface area contributed by atoms with Gasteiger partial charge in [0.15, 0.2) is 5.57 Å². The third-order valence-electron chi connectivity index (χ3n) is 3.84. The number of ether oxygens (including phenoxy) is 2. The Hall–Kier alpha value is -3.54. The minimum atomic E-state index is -2.51. The Kier molecular flexibility index (Phi) is 6.03. The summed E-state index contributed by atoms with van der Waals surface area (Å²) in [6.07, 6.45) is 4.01. The summed E-state index contributed by atoms with van der Waals surface area (Å²) in [5, 5.41) is 20.5. The Morgan fingerprint density at radius 2 is 2.15 bits per heavy atom. The standard InChI is InChI=1S/C18H17N3O6/c1-12-9-13(2)15(17(23)26-8-4-6-19)18(10-12,21(24)25)27-16(22)14-5-3-7-20-11-14/h3,5,7,10-11H,4,8-9H2,1-2H3. The summed E-state index contributed by atoms with van der Waals surface area (Å²) in [7, 11) is 0. The first kappa shape index (κ1) is 19.8. The minimum absolute atomic E-state index is 0.00482. The number of nitro groups is 1. The lowest BCUT2D eigenvalue weighted by Crippen LogP contribution is -2.48. The number of allylic oxidation sites excluding steroid dienone is 2. The number of nitriles is 1. The molecule has 0 aliphatic heterocycles. The third kappa shape index (κ3) is 4.17. The quantitative estimate of drug-likeness (QED) is 0.186. The van der Waals surface area contributed by atoms with E-state index >= 15 is 0 Å². The Morgan fingerprint density at radius 1 is 1.41 bits per heavy atom. The normalized spacial score (nSPS) is 18.9. The molecule has 0 aromatic carbocycles. The van der Waals surface area contributed by atoms with Crippen LogP contribution in [-0.4, -0.2) is 34.2 Å². The van der Waals surface area contributed by atoms with Gasteiger partial charge >= 0.3 is 17.7 Å². The van der Waals surface area contributed by atoms with Crippen LogP contribution in [0.3, 0.4) is 0 Å². The Bertz CT molecular complexity index is 869. The van der Waals surface area contributed by atoms with E-state index in [-0.39, 0.29) is 24.2 Å². The predicted octanol–water partition coefficient (Wildman–Crippen LogP) is 2.33. The molecule has 0 amide bonds. The third-order valence-corrected chi connectivity index (χ3v) is 3.84. The van der Waals surface area contributed by atoms with Crippen molar-refractivity contribution in [1.29, 1.82) is 5.26 Å². The highest BCUT2D eigenvalue weighted by Crippen LogP contribution is 2.37. The number of pyridine rings is 1. The van der Waals surface area contributed by atoms with Gasteiger partial charge in [-0.3, -0.25) is 15.1 Å². The molecule has 27 heavy (non-hydrogen) atoms. The van der Waals surface area contributed by atoms with Crippen molar-refractivity contribution in [2.75, 3.05) is 6.61 Å². The van der Waals surface area contributed by atoms with E-state index in [0.29, 0.717) is 17.6 Å². The van der Waals surface area contributed by atoms with Gasteiger partial charge in [-0.2, -0.15) is 5.26 Å². The largest absolute Gasteiger partial charge is 0.461 e. The van der Waals surface area contributed by atoms with Crippen LogP contribution in [-0.2, 0) is 14.3 Å². The van der Waals surface area contributed by atoms with Gasteiger partial charge in [0.2, 0.25) is 0 Å². The van der Waals surface area contributed by atoms with E-state index in [0.717, 1.165) is 6.08 Å². The van der Waals surface area contributed by atoms with Crippen LogP contribution in [0.25, 0.3) is 0 Å². The molecule has 9 nitrogen and oxygen atoms in total. The number of aromatic nitrogens is 1. The SMILES string of the molecule is CC1=CC(OC(=O)c2cccnc2)([N+](=O)[O-])C(C(=O)OCCC#N)=C(C)C1. The highest BCUT2D eigenvalue weighted by atomic mass is 16.7. The molecule has 1 aliphatic carbocycles. The van der Waals surface area contributed by atoms with Crippen LogP contribution >= 0.6 is 0 Å². The molecular weight excluding hydrogens is 354 g/mol. The van der Waals surface area contributed by atoms with Gasteiger partial charge in [-0.15, -0.1) is 0 Å². The molecule has 1 atom stereocenters. The topological polar surface area (TPSA) is 132 Å². The van der Waals surface area contributed by atoms with Crippen molar-refractivity contribution in [3.63, 3.8) is 0 Å². The second-order valence-electron chi connectivity index (χ2n) is 5.95. The average Bonchev–Trinajstić information content (AvgIpc) is 2.61. The van der Waals surface area contributed by atoms with Gasteiger partial charge < -0.3 is 9.47 Å². The Morgan fingerprint density at radius 3 is 2.74 bits per heavy atom. The molecular formula is C18H17N3O6. The second kappa shape index (κ2) is 8.23. The monoisotopic (exact) mass is 371 g/mol.